The summed E-state index contributed by atoms with van der Waals surface area (Å²) in [4.78, 5) is 0. The predicted molar refractivity (Wildman–Crippen MR) is 75.1 cm³/mol. The van der Waals surface area contributed by atoms with E-state index in [1.54, 1.807) is 7.11 Å². The van der Waals surface area contributed by atoms with Crippen molar-refractivity contribution in [2.24, 2.45) is 5.84 Å². The van der Waals surface area contributed by atoms with Crippen molar-refractivity contribution in [3.8, 4) is 5.75 Å². The van der Waals surface area contributed by atoms with Crippen LogP contribution in [0.2, 0.25) is 0 Å². The molecule has 0 aliphatic carbocycles. The number of nitrogens with one attached hydrogen (secondary N) is 1. The summed E-state index contributed by atoms with van der Waals surface area (Å²) < 4.78 is 11.0. The molecule has 0 aliphatic rings. The minimum absolute atomic E-state index is 0.154. The number of methoxy groups -OCH3 is 1. The zero-order valence-electron chi connectivity index (χ0n) is 11.8. The Morgan fingerprint density at radius 3 is 2.42 bits per heavy atom. The number of rotatable bonds is 4. The lowest BCUT2D eigenvalue weighted by Gasteiger charge is -2.18. The number of furan rings is 1. The molecule has 4 nitrogen and oxygen atoms in total. The zero-order chi connectivity index (χ0) is 14.0. The molecule has 0 radical (unpaired) electrons. The highest BCUT2D eigenvalue weighted by Gasteiger charge is 2.19. The summed E-state index contributed by atoms with van der Waals surface area (Å²) in [5.74, 6) is 8.26. The van der Waals surface area contributed by atoms with Crippen LogP contribution in [0, 0.1) is 20.8 Å². The molecule has 1 unspecified atom stereocenters. The summed E-state index contributed by atoms with van der Waals surface area (Å²) in [6, 6.07) is 7.82. The molecule has 2 aromatic rings. The lowest BCUT2D eigenvalue weighted by molar-refractivity contribution is 0.409. The van der Waals surface area contributed by atoms with Gasteiger partial charge in [0.15, 0.2) is 0 Å². The third kappa shape index (κ3) is 2.64. The Balaban J connectivity index is 2.47. The Bertz CT molecular complexity index is 576. The smallest absolute Gasteiger partial charge is 0.126 e. The van der Waals surface area contributed by atoms with Crippen molar-refractivity contribution in [1.82, 2.24) is 5.43 Å². The maximum atomic E-state index is 5.69. The Morgan fingerprint density at radius 1 is 1.16 bits per heavy atom. The molecule has 3 N–H and O–H groups in total. The molecule has 2 rings (SSSR count). The van der Waals surface area contributed by atoms with E-state index in [0.29, 0.717) is 0 Å². The lowest BCUT2D eigenvalue weighted by Crippen LogP contribution is -2.29. The summed E-state index contributed by atoms with van der Waals surface area (Å²) in [5, 5.41) is 0. The fourth-order valence-corrected chi connectivity index (χ4v) is 2.28. The number of ether oxygens (including phenoxy) is 1. The molecule has 0 saturated carbocycles. The quantitative estimate of drug-likeness (QED) is 0.655. The first-order valence-corrected chi connectivity index (χ1v) is 6.24. The van der Waals surface area contributed by atoms with Gasteiger partial charge in [0.05, 0.1) is 7.11 Å². The Labute approximate surface area is 113 Å². The van der Waals surface area contributed by atoms with Crippen LogP contribution in [-0.4, -0.2) is 7.11 Å². The van der Waals surface area contributed by atoms with E-state index in [2.05, 4.69) is 11.5 Å². The molecule has 1 heterocycles. The van der Waals surface area contributed by atoms with E-state index in [-0.39, 0.29) is 6.04 Å². The number of benzene rings is 1. The first kappa shape index (κ1) is 13.6. The van der Waals surface area contributed by atoms with Crippen LogP contribution in [0.3, 0.4) is 0 Å². The van der Waals surface area contributed by atoms with Gasteiger partial charge in [0.2, 0.25) is 0 Å². The summed E-state index contributed by atoms with van der Waals surface area (Å²) >= 11 is 0. The molecule has 1 aromatic carbocycles. The van der Waals surface area contributed by atoms with E-state index in [0.717, 1.165) is 34.0 Å². The fourth-order valence-electron chi connectivity index (χ4n) is 2.28. The van der Waals surface area contributed by atoms with E-state index < -0.39 is 0 Å². The lowest BCUT2D eigenvalue weighted by atomic mass is 9.97. The van der Waals surface area contributed by atoms with E-state index in [1.807, 2.05) is 39.0 Å². The molecule has 0 bridgehead atoms. The highest BCUT2D eigenvalue weighted by molar-refractivity contribution is 5.44. The minimum Gasteiger partial charge on any atom is -0.496 e. The maximum absolute atomic E-state index is 5.69. The van der Waals surface area contributed by atoms with Crippen molar-refractivity contribution in [3.63, 3.8) is 0 Å². The molecule has 0 saturated heterocycles. The van der Waals surface area contributed by atoms with Crippen LogP contribution in [0.5, 0.6) is 5.75 Å². The van der Waals surface area contributed by atoms with Gasteiger partial charge in [-0.2, -0.15) is 0 Å². The molecule has 0 amide bonds. The first-order chi connectivity index (χ1) is 9.06. The molecule has 1 aromatic heterocycles. The van der Waals surface area contributed by atoms with Gasteiger partial charge in [-0.05, 0) is 55.7 Å². The fraction of sp³-hybridized carbons (Fsp3) is 0.333. The van der Waals surface area contributed by atoms with Crippen LogP contribution in [0.4, 0.5) is 0 Å². The van der Waals surface area contributed by atoms with Crippen molar-refractivity contribution >= 4 is 0 Å². The average Bonchev–Trinajstić information content (AvgIpc) is 2.80. The summed E-state index contributed by atoms with van der Waals surface area (Å²) in [6.07, 6.45) is 0. The normalized spacial score (nSPS) is 12.5. The Hall–Kier alpha value is -1.78. The summed E-state index contributed by atoms with van der Waals surface area (Å²) in [7, 11) is 1.68. The molecule has 102 valence electrons. The van der Waals surface area contributed by atoms with Crippen molar-refractivity contribution < 1.29 is 9.15 Å². The molecule has 0 spiro atoms. The molecule has 1 atom stereocenters. The summed E-state index contributed by atoms with van der Waals surface area (Å²) in [5.41, 5.74) is 6.10. The van der Waals surface area contributed by atoms with Crippen LogP contribution in [-0.2, 0) is 0 Å². The zero-order valence-corrected chi connectivity index (χ0v) is 11.8. The molecule has 0 aliphatic heterocycles. The van der Waals surface area contributed by atoms with Gasteiger partial charge in [0, 0.05) is 0 Å². The maximum Gasteiger partial charge on any atom is 0.126 e. The number of hydrogen-bond acceptors (Lipinski definition) is 4. The van der Waals surface area contributed by atoms with Crippen molar-refractivity contribution in [2.75, 3.05) is 7.11 Å². The molecule has 19 heavy (non-hydrogen) atoms. The SMILES string of the molecule is COc1cc(C)c(C(NN)c2ccc(C)o2)cc1C. The highest BCUT2D eigenvalue weighted by Crippen LogP contribution is 2.30. The van der Waals surface area contributed by atoms with Crippen molar-refractivity contribution in [3.05, 3.63) is 52.5 Å². The van der Waals surface area contributed by atoms with Crippen molar-refractivity contribution in [2.45, 2.75) is 26.8 Å². The third-order valence-corrected chi connectivity index (χ3v) is 3.31. The van der Waals surface area contributed by atoms with E-state index in [4.69, 9.17) is 15.0 Å². The number of nitrogens with two attached hydrogens (primary N) is 1. The second kappa shape index (κ2) is 5.47. The van der Waals surface area contributed by atoms with E-state index in [9.17, 15) is 0 Å². The molecular formula is C15H20N2O2. The monoisotopic (exact) mass is 260 g/mol. The van der Waals surface area contributed by atoms with Gasteiger partial charge in [-0.25, -0.2) is 5.43 Å². The Morgan fingerprint density at radius 2 is 1.89 bits per heavy atom. The summed E-state index contributed by atoms with van der Waals surface area (Å²) in [6.45, 7) is 5.98. The van der Waals surface area contributed by atoms with Crippen LogP contribution in [0.25, 0.3) is 0 Å². The standard InChI is InChI=1S/C15H20N2O2/c1-9-8-14(18-4)10(2)7-12(9)15(17-16)13-6-5-11(3)19-13/h5-8,15,17H,16H2,1-4H3. The van der Waals surface area contributed by atoms with E-state index >= 15 is 0 Å². The molecular weight excluding hydrogens is 240 g/mol. The van der Waals surface area contributed by atoms with Crippen LogP contribution in [0.1, 0.15) is 34.3 Å². The van der Waals surface area contributed by atoms with Gasteiger partial charge < -0.3 is 9.15 Å². The van der Waals surface area contributed by atoms with Crippen LogP contribution in [0.15, 0.2) is 28.7 Å². The topological polar surface area (TPSA) is 60.4 Å². The van der Waals surface area contributed by atoms with Gasteiger partial charge in [-0.3, -0.25) is 5.84 Å². The van der Waals surface area contributed by atoms with Crippen LogP contribution < -0.4 is 16.0 Å². The minimum atomic E-state index is -0.154. The highest BCUT2D eigenvalue weighted by atomic mass is 16.5. The number of hydrazine groups is 1. The number of hydrogen-bond donors (Lipinski definition) is 2. The van der Waals surface area contributed by atoms with Crippen LogP contribution >= 0.6 is 0 Å². The Kier molecular flexibility index (Phi) is 3.93. The van der Waals surface area contributed by atoms with Gasteiger partial charge in [-0.1, -0.05) is 6.07 Å². The predicted octanol–water partition coefficient (Wildman–Crippen LogP) is 2.77. The first-order valence-electron chi connectivity index (χ1n) is 6.24. The largest absolute Gasteiger partial charge is 0.496 e. The molecule has 4 heteroatoms. The average molecular weight is 260 g/mol. The third-order valence-electron chi connectivity index (χ3n) is 3.31. The van der Waals surface area contributed by atoms with Gasteiger partial charge in [0.1, 0.15) is 23.3 Å². The van der Waals surface area contributed by atoms with Gasteiger partial charge >= 0.3 is 0 Å². The van der Waals surface area contributed by atoms with Gasteiger partial charge in [-0.15, -0.1) is 0 Å². The second-order valence-corrected chi connectivity index (χ2v) is 4.73. The van der Waals surface area contributed by atoms with Gasteiger partial charge in [0.25, 0.3) is 0 Å². The van der Waals surface area contributed by atoms with Crippen molar-refractivity contribution in [1.29, 1.82) is 0 Å². The molecule has 0 fully saturated rings. The van der Waals surface area contributed by atoms with E-state index in [1.165, 1.54) is 0 Å². The number of aryl methyl sites for hydroxylation is 3. The second-order valence-electron chi connectivity index (χ2n) is 4.73.